The summed E-state index contributed by atoms with van der Waals surface area (Å²) >= 11 is 0. The van der Waals surface area contributed by atoms with Crippen LogP contribution < -0.4 is 4.90 Å². The maximum atomic E-state index is 4.40. The zero-order chi connectivity index (χ0) is 11.6. The van der Waals surface area contributed by atoms with E-state index in [9.17, 15) is 0 Å². The molecule has 0 radical (unpaired) electrons. The molecule has 0 amide bonds. The summed E-state index contributed by atoms with van der Waals surface area (Å²) < 4.78 is 0. The Balaban J connectivity index is 1.96. The first-order chi connectivity index (χ1) is 7.57. The van der Waals surface area contributed by atoms with E-state index in [1.165, 1.54) is 0 Å². The second-order valence-corrected chi connectivity index (χ2v) is 5.33. The van der Waals surface area contributed by atoms with Crippen LogP contribution in [0.15, 0.2) is 24.4 Å². The molecule has 0 atom stereocenters. The van der Waals surface area contributed by atoms with Crippen molar-refractivity contribution in [1.29, 1.82) is 0 Å². The lowest BCUT2D eigenvalue weighted by atomic mass is 10.1. The van der Waals surface area contributed by atoms with Crippen molar-refractivity contribution in [1.82, 2.24) is 9.88 Å². The number of anilines is 1. The largest absolute Gasteiger partial charge is 0.354 e. The summed E-state index contributed by atoms with van der Waals surface area (Å²) in [6, 6.07) is 6.11. The van der Waals surface area contributed by atoms with Crippen molar-refractivity contribution in [2.75, 3.05) is 31.1 Å². The first-order valence-electron chi connectivity index (χ1n) is 5.98. The second-order valence-electron chi connectivity index (χ2n) is 5.33. The van der Waals surface area contributed by atoms with Crippen LogP contribution in [-0.2, 0) is 0 Å². The van der Waals surface area contributed by atoms with Gasteiger partial charge < -0.3 is 4.90 Å². The molecule has 1 aromatic rings. The number of nitrogens with zero attached hydrogens (tertiary/aromatic N) is 3. The Labute approximate surface area is 98.1 Å². The number of rotatable bonds is 1. The van der Waals surface area contributed by atoms with E-state index >= 15 is 0 Å². The lowest BCUT2D eigenvalue weighted by Crippen LogP contribution is -2.53. The fourth-order valence-corrected chi connectivity index (χ4v) is 2.15. The third-order valence-electron chi connectivity index (χ3n) is 3.20. The van der Waals surface area contributed by atoms with Gasteiger partial charge in [-0.05, 0) is 32.9 Å². The van der Waals surface area contributed by atoms with Gasteiger partial charge in [0.15, 0.2) is 0 Å². The molecule has 1 saturated heterocycles. The minimum Gasteiger partial charge on any atom is -0.354 e. The molecule has 1 aromatic heterocycles. The molecule has 0 saturated carbocycles. The predicted molar refractivity (Wildman–Crippen MR) is 67.8 cm³/mol. The molecule has 0 aliphatic carbocycles. The lowest BCUT2D eigenvalue weighted by Gasteiger charge is -2.42. The Hall–Kier alpha value is -1.09. The van der Waals surface area contributed by atoms with Gasteiger partial charge >= 0.3 is 0 Å². The first-order valence-corrected chi connectivity index (χ1v) is 5.98. The van der Waals surface area contributed by atoms with Gasteiger partial charge in [-0.2, -0.15) is 0 Å². The molecule has 1 aliphatic rings. The summed E-state index contributed by atoms with van der Waals surface area (Å²) in [7, 11) is 0. The molecule has 0 unspecified atom stereocenters. The highest BCUT2D eigenvalue weighted by atomic mass is 15.3. The third kappa shape index (κ3) is 2.53. The molecule has 2 rings (SSSR count). The first kappa shape index (κ1) is 11.4. The van der Waals surface area contributed by atoms with Crippen LogP contribution >= 0.6 is 0 Å². The zero-order valence-electron chi connectivity index (χ0n) is 10.5. The van der Waals surface area contributed by atoms with E-state index in [0.29, 0.717) is 0 Å². The van der Waals surface area contributed by atoms with E-state index in [4.69, 9.17) is 0 Å². The van der Waals surface area contributed by atoms with E-state index in [0.717, 1.165) is 32.0 Å². The number of aromatic nitrogens is 1. The van der Waals surface area contributed by atoms with Crippen molar-refractivity contribution in [2.45, 2.75) is 26.3 Å². The Morgan fingerprint density at radius 1 is 1.06 bits per heavy atom. The van der Waals surface area contributed by atoms with Crippen LogP contribution in [0.1, 0.15) is 20.8 Å². The zero-order valence-corrected chi connectivity index (χ0v) is 10.5. The van der Waals surface area contributed by atoms with E-state index in [1.54, 1.807) is 0 Å². The molecule has 0 bridgehead atoms. The molecule has 88 valence electrons. The number of hydrogen-bond acceptors (Lipinski definition) is 3. The van der Waals surface area contributed by atoms with Gasteiger partial charge in [0.25, 0.3) is 0 Å². The maximum absolute atomic E-state index is 4.40. The summed E-state index contributed by atoms with van der Waals surface area (Å²) in [6.45, 7) is 11.2. The summed E-state index contributed by atoms with van der Waals surface area (Å²) in [5.74, 6) is 1.11. The minimum absolute atomic E-state index is 0.288. The average Bonchev–Trinajstić information content (AvgIpc) is 2.29. The molecular weight excluding hydrogens is 198 g/mol. The Morgan fingerprint density at radius 2 is 1.75 bits per heavy atom. The number of piperazine rings is 1. The smallest absolute Gasteiger partial charge is 0.128 e. The van der Waals surface area contributed by atoms with Gasteiger partial charge in [-0.25, -0.2) is 4.98 Å². The van der Waals surface area contributed by atoms with Crippen LogP contribution in [0, 0.1) is 0 Å². The molecule has 0 spiro atoms. The molecule has 2 heterocycles. The van der Waals surface area contributed by atoms with Crippen LogP contribution in [0.25, 0.3) is 0 Å². The summed E-state index contributed by atoms with van der Waals surface area (Å²) in [5, 5.41) is 0. The van der Waals surface area contributed by atoms with E-state index < -0.39 is 0 Å². The van der Waals surface area contributed by atoms with Gasteiger partial charge in [0.05, 0.1) is 0 Å². The molecule has 1 fully saturated rings. The van der Waals surface area contributed by atoms with E-state index in [-0.39, 0.29) is 5.54 Å². The fourth-order valence-electron chi connectivity index (χ4n) is 2.15. The van der Waals surface area contributed by atoms with Gasteiger partial charge in [0.1, 0.15) is 5.82 Å². The van der Waals surface area contributed by atoms with E-state index in [2.05, 4.69) is 47.7 Å². The van der Waals surface area contributed by atoms with Crippen LogP contribution in [0.2, 0.25) is 0 Å². The molecule has 0 aromatic carbocycles. The van der Waals surface area contributed by atoms with Gasteiger partial charge in [-0.1, -0.05) is 6.07 Å². The van der Waals surface area contributed by atoms with Gasteiger partial charge in [-0.15, -0.1) is 0 Å². The molecule has 0 N–H and O–H groups in total. The number of hydrogen-bond donors (Lipinski definition) is 0. The molecule has 3 nitrogen and oxygen atoms in total. The highest BCUT2D eigenvalue weighted by molar-refractivity contribution is 5.38. The minimum atomic E-state index is 0.288. The highest BCUT2D eigenvalue weighted by Gasteiger charge is 2.25. The maximum Gasteiger partial charge on any atom is 0.128 e. The summed E-state index contributed by atoms with van der Waals surface area (Å²) in [5.41, 5.74) is 0.288. The van der Waals surface area contributed by atoms with Crippen LogP contribution in [0.5, 0.6) is 0 Å². The van der Waals surface area contributed by atoms with Gasteiger partial charge in [0.2, 0.25) is 0 Å². The van der Waals surface area contributed by atoms with Gasteiger partial charge in [-0.3, -0.25) is 4.90 Å². The topological polar surface area (TPSA) is 19.4 Å². The monoisotopic (exact) mass is 219 g/mol. The molecule has 16 heavy (non-hydrogen) atoms. The average molecular weight is 219 g/mol. The summed E-state index contributed by atoms with van der Waals surface area (Å²) in [6.07, 6.45) is 1.87. The highest BCUT2D eigenvalue weighted by Crippen LogP contribution is 2.18. The van der Waals surface area contributed by atoms with Crippen molar-refractivity contribution < 1.29 is 0 Å². The standard InChI is InChI=1S/C13H21N3/c1-13(2,3)16-10-8-15(9-11-16)12-6-4-5-7-14-12/h4-7H,8-11H2,1-3H3. The predicted octanol–water partition coefficient (Wildman–Crippen LogP) is 2.00. The Kier molecular flexibility index (Phi) is 3.15. The fraction of sp³-hybridized carbons (Fsp3) is 0.615. The third-order valence-corrected chi connectivity index (χ3v) is 3.20. The van der Waals surface area contributed by atoms with Crippen molar-refractivity contribution in [3.63, 3.8) is 0 Å². The Morgan fingerprint density at radius 3 is 2.25 bits per heavy atom. The SMILES string of the molecule is CC(C)(C)N1CCN(c2ccccn2)CC1. The Bertz CT molecular complexity index is 321. The van der Waals surface area contributed by atoms with Crippen molar-refractivity contribution in [3.05, 3.63) is 24.4 Å². The lowest BCUT2D eigenvalue weighted by molar-refractivity contribution is 0.128. The van der Waals surface area contributed by atoms with Crippen molar-refractivity contribution in [2.24, 2.45) is 0 Å². The van der Waals surface area contributed by atoms with Crippen molar-refractivity contribution >= 4 is 5.82 Å². The second kappa shape index (κ2) is 4.42. The quantitative estimate of drug-likeness (QED) is 0.720. The van der Waals surface area contributed by atoms with Gasteiger partial charge in [0, 0.05) is 37.9 Å². The van der Waals surface area contributed by atoms with Crippen LogP contribution in [0.4, 0.5) is 5.82 Å². The summed E-state index contributed by atoms with van der Waals surface area (Å²) in [4.78, 5) is 9.29. The molecule has 3 heteroatoms. The van der Waals surface area contributed by atoms with Crippen LogP contribution in [0.3, 0.4) is 0 Å². The molecule has 1 aliphatic heterocycles. The molecular formula is C13H21N3. The van der Waals surface area contributed by atoms with Crippen molar-refractivity contribution in [3.8, 4) is 0 Å². The van der Waals surface area contributed by atoms with E-state index in [1.807, 2.05) is 12.3 Å². The normalized spacial score (nSPS) is 18.8. The van der Waals surface area contributed by atoms with Crippen LogP contribution in [-0.4, -0.2) is 41.6 Å². The number of pyridine rings is 1.